The van der Waals surface area contributed by atoms with Gasteiger partial charge in [-0.3, -0.25) is 0 Å². The summed E-state index contributed by atoms with van der Waals surface area (Å²) in [7, 11) is 0. The Kier molecular flexibility index (Phi) is 4.23. The molecule has 2 unspecified atom stereocenters. The van der Waals surface area contributed by atoms with Crippen molar-refractivity contribution in [3.8, 4) is 0 Å². The van der Waals surface area contributed by atoms with Gasteiger partial charge in [-0.15, -0.1) is 0 Å². The smallest absolute Gasteiger partial charge is 0.0543 e. The number of allylic oxidation sites excluding steroid dienone is 1. The summed E-state index contributed by atoms with van der Waals surface area (Å²) in [6, 6.07) is 0. The normalized spacial score (nSPS) is 52.6. The lowest BCUT2D eigenvalue weighted by molar-refractivity contribution is -0.0734. The van der Waals surface area contributed by atoms with Crippen LogP contribution in [-0.2, 0) is 0 Å². The van der Waals surface area contributed by atoms with Crippen molar-refractivity contribution in [1.82, 2.24) is 0 Å². The van der Waals surface area contributed by atoms with Crippen LogP contribution in [0.5, 0.6) is 0 Å². The molecule has 0 aliphatic heterocycles. The molecule has 22 heavy (non-hydrogen) atoms. The Morgan fingerprint density at radius 2 is 1.91 bits per heavy atom. The van der Waals surface area contributed by atoms with Gasteiger partial charge in [-0.25, -0.2) is 0 Å². The first-order valence-electron chi connectivity index (χ1n) is 9.39. The molecule has 126 valence electrons. The number of hydrogen-bond donors (Lipinski definition) is 2. The van der Waals surface area contributed by atoms with E-state index in [4.69, 9.17) is 5.73 Å². The van der Waals surface area contributed by atoms with E-state index in [0.717, 1.165) is 31.2 Å². The number of hydrogen-bond acceptors (Lipinski definition) is 2. The quantitative estimate of drug-likeness (QED) is 0.753. The van der Waals surface area contributed by atoms with Gasteiger partial charge in [-0.05, 0) is 86.0 Å². The lowest BCUT2D eigenvalue weighted by Crippen LogP contribution is -2.51. The fourth-order valence-corrected chi connectivity index (χ4v) is 6.41. The average Bonchev–Trinajstić information content (AvgIpc) is 2.78. The first-order chi connectivity index (χ1) is 10.3. The van der Waals surface area contributed by atoms with Gasteiger partial charge in [0, 0.05) is 0 Å². The molecule has 3 saturated carbocycles. The summed E-state index contributed by atoms with van der Waals surface area (Å²) >= 11 is 0. The molecule has 3 rings (SSSR count). The third kappa shape index (κ3) is 2.29. The second kappa shape index (κ2) is 5.63. The van der Waals surface area contributed by atoms with Crippen LogP contribution in [-0.4, -0.2) is 17.8 Å². The molecule has 0 heterocycles. The molecular formula is C20H35NO. The molecule has 0 bridgehead atoms. The Morgan fingerprint density at radius 1 is 1.18 bits per heavy atom. The van der Waals surface area contributed by atoms with Gasteiger partial charge < -0.3 is 10.8 Å². The molecule has 0 radical (unpaired) electrons. The SMILES string of the molecule is C=C1CCC2[C@H](CN)C([C@@]3(C)CC[C@H](O)C[C@@H]3C)CC[C@]12C. The number of aliphatic hydroxyl groups is 1. The standard InChI is InChI=1S/C20H35NO/c1-13-5-6-17-16(12-21)18(8-10-19(13,17)3)20(4)9-7-15(22)11-14(20)2/h14-18,22H,1,5-12,21H2,2-4H3/t14-,15-,16-,17?,18?,19+,20-/m0/s1. The minimum absolute atomic E-state index is 0.0838. The first-order valence-corrected chi connectivity index (χ1v) is 9.39. The van der Waals surface area contributed by atoms with Gasteiger partial charge in [0.25, 0.3) is 0 Å². The summed E-state index contributed by atoms with van der Waals surface area (Å²) in [5.74, 6) is 2.70. The zero-order valence-electron chi connectivity index (χ0n) is 14.8. The van der Waals surface area contributed by atoms with Gasteiger partial charge in [-0.1, -0.05) is 32.9 Å². The van der Waals surface area contributed by atoms with Crippen LogP contribution < -0.4 is 5.73 Å². The van der Waals surface area contributed by atoms with Crippen LogP contribution in [0, 0.1) is 34.5 Å². The van der Waals surface area contributed by atoms with E-state index < -0.39 is 0 Å². The van der Waals surface area contributed by atoms with Crippen LogP contribution in [0.2, 0.25) is 0 Å². The van der Waals surface area contributed by atoms with Crippen LogP contribution in [0.3, 0.4) is 0 Å². The Morgan fingerprint density at radius 3 is 2.55 bits per heavy atom. The molecule has 0 aromatic carbocycles. The van der Waals surface area contributed by atoms with Crippen molar-refractivity contribution >= 4 is 0 Å². The molecule has 3 aliphatic carbocycles. The van der Waals surface area contributed by atoms with Gasteiger partial charge in [0.05, 0.1) is 6.10 Å². The van der Waals surface area contributed by atoms with Crippen molar-refractivity contribution in [3.05, 3.63) is 12.2 Å². The second-order valence-corrected chi connectivity index (χ2v) is 9.05. The molecule has 3 N–H and O–H groups in total. The molecule has 3 fully saturated rings. The van der Waals surface area contributed by atoms with E-state index in [1.165, 1.54) is 37.7 Å². The van der Waals surface area contributed by atoms with Gasteiger partial charge in [0.1, 0.15) is 0 Å². The van der Waals surface area contributed by atoms with E-state index in [1.807, 2.05) is 0 Å². The highest BCUT2D eigenvalue weighted by molar-refractivity contribution is 5.20. The number of nitrogens with two attached hydrogens (primary N) is 1. The fraction of sp³-hybridized carbons (Fsp3) is 0.900. The summed E-state index contributed by atoms with van der Waals surface area (Å²) in [4.78, 5) is 0. The molecule has 0 spiro atoms. The van der Waals surface area contributed by atoms with Gasteiger partial charge in [0.2, 0.25) is 0 Å². The van der Waals surface area contributed by atoms with E-state index in [2.05, 4.69) is 27.4 Å². The third-order valence-corrected chi connectivity index (χ3v) is 8.28. The van der Waals surface area contributed by atoms with Gasteiger partial charge in [0.15, 0.2) is 0 Å². The van der Waals surface area contributed by atoms with Crippen molar-refractivity contribution in [1.29, 1.82) is 0 Å². The summed E-state index contributed by atoms with van der Waals surface area (Å²) in [5.41, 5.74) is 8.49. The third-order valence-electron chi connectivity index (χ3n) is 8.28. The maximum absolute atomic E-state index is 10.0. The minimum atomic E-state index is -0.0838. The summed E-state index contributed by atoms with van der Waals surface area (Å²) < 4.78 is 0. The summed E-state index contributed by atoms with van der Waals surface area (Å²) in [5, 5.41) is 10.0. The molecule has 0 saturated heterocycles. The predicted molar refractivity (Wildman–Crippen MR) is 92.4 cm³/mol. The molecule has 0 aromatic rings. The predicted octanol–water partition coefficient (Wildman–Crippen LogP) is 4.13. The maximum Gasteiger partial charge on any atom is 0.0543 e. The molecule has 0 aromatic heterocycles. The van der Waals surface area contributed by atoms with Gasteiger partial charge in [-0.2, -0.15) is 0 Å². The number of fused-ring (bicyclic) bond motifs is 1. The fourth-order valence-electron chi connectivity index (χ4n) is 6.41. The molecular weight excluding hydrogens is 270 g/mol. The molecule has 0 amide bonds. The topological polar surface area (TPSA) is 46.2 Å². The van der Waals surface area contributed by atoms with Crippen molar-refractivity contribution in [2.75, 3.05) is 6.54 Å². The van der Waals surface area contributed by atoms with Crippen molar-refractivity contribution in [2.24, 2.45) is 40.2 Å². The molecule has 7 atom stereocenters. The lowest BCUT2D eigenvalue weighted by atomic mass is 9.49. The molecule has 3 aliphatic rings. The Bertz CT molecular complexity index is 447. The Balaban J connectivity index is 1.87. The molecule has 2 heteroatoms. The summed E-state index contributed by atoms with van der Waals surface area (Å²) in [6.07, 6.45) is 8.12. The van der Waals surface area contributed by atoms with Crippen molar-refractivity contribution in [2.45, 2.75) is 71.8 Å². The second-order valence-electron chi connectivity index (χ2n) is 9.05. The highest BCUT2D eigenvalue weighted by Crippen LogP contribution is 2.63. The van der Waals surface area contributed by atoms with Crippen LogP contribution in [0.4, 0.5) is 0 Å². The highest BCUT2D eigenvalue weighted by atomic mass is 16.3. The highest BCUT2D eigenvalue weighted by Gasteiger charge is 2.55. The van der Waals surface area contributed by atoms with E-state index in [1.54, 1.807) is 0 Å². The van der Waals surface area contributed by atoms with E-state index in [9.17, 15) is 5.11 Å². The van der Waals surface area contributed by atoms with E-state index in [-0.39, 0.29) is 6.10 Å². The Labute approximate surface area is 136 Å². The maximum atomic E-state index is 10.0. The summed E-state index contributed by atoms with van der Waals surface area (Å²) in [6.45, 7) is 12.5. The number of rotatable bonds is 2. The lowest BCUT2D eigenvalue weighted by Gasteiger charge is -2.56. The monoisotopic (exact) mass is 305 g/mol. The number of aliphatic hydroxyl groups excluding tert-OH is 1. The van der Waals surface area contributed by atoms with Crippen molar-refractivity contribution < 1.29 is 5.11 Å². The van der Waals surface area contributed by atoms with Crippen LogP contribution in [0.25, 0.3) is 0 Å². The largest absolute Gasteiger partial charge is 0.393 e. The van der Waals surface area contributed by atoms with E-state index in [0.29, 0.717) is 22.7 Å². The van der Waals surface area contributed by atoms with Crippen LogP contribution in [0.1, 0.15) is 65.7 Å². The zero-order chi connectivity index (χ0) is 16.1. The molecule has 2 nitrogen and oxygen atoms in total. The van der Waals surface area contributed by atoms with E-state index >= 15 is 0 Å². The van der Waals surface area contributed by atoms with Gasteiger partial charge >= 0.3 is 0 Å². The Hall–Kier alpha value is -0.340. The minimum Gasteiger partial charge on any atom is -0.393 e. The van der Waals surface area contributed by atoms with Crippen LogP contribution in [0.15, 0.2) is 12.2 Å². The van der Waals surface area contributed by atoms with Crippen molar-refractivity contribution in [3.63, 3.8) is 0 Å². The average molecular weight is 306 g/mol. The first kappa shape index (κ1) is 16.5. The van der Waals surface area contributed by atoms with Crippen LogP contribution >= 0.6 is 0 Å². The zero-order valence-corrected chi connectivity index (χ0v) is 14.8.